The van der Waals surface area contributed by atoms with Crippen LogP contribution in [-0.2, 0) is 0 Å². The SMILES string of the molecule is OCCN1CCNCC1CCCN1c2ccccc2Sc2ccc(Cl)cc21. The van der Waals surface area contributed by atoms with Gasteiger partial charge in [0, 0.05) is 53.6 Å². The molecule has 1 atom stereocenters. The predicted molar refractivity (Wildman–Crippen MR) is 114 cm³/mol. The van der Waals surface area contributed by atoms with E-state index in [1.54, 1.807) is 0 Å². The van der Waals surface area contributed by atoms with E-state index in [1.807, 2.05) is 17.8 Å². The number of para-hydroxylation sites is 1. The molecule has 2 aromatic rings. The maximum absolute atomic E-state index is 9.32. The van der Waals surface area contributed by atoms with Gasteiger partial charge in [-0.1, -0.05) is 35.5 Å². The Morgan fingerprint density at radius 2 is 1.96 bits per heavy atom. The lowest BCUT2D eigenvalue weighted by atomic mass is 10.1. The number of β-amino-alcohol motifs (C(OH)–C–C–N with tert-alkyl or cyclic N) is 1. The van der Waals surface area contributed by atoms with Crippen molar-refractivity contribution in [3.63, 3.8) is 0 Å². The number of nitrogens with zero attached hydrogens (tertiary/aromatic N) is 2. The molecule has 1 fully saturated rings. The predicted octanol–water partition coefficient (Wildman–Crippen LogP) is 3.99. The standard InChI is InChI=1S/C21H26ClN3OS/c22-16-7-8-21-19(14-16)25(18-5-1-2-6-20(18)27-21)10-3-4-17-15-23-9-11-24(17)12-13-26/h1-2,5-8,14,17,23,26H,3-4,9-13,15H2. The molecule has 2 aromatic carbocycles. The first-order valence-corrected chi connectivity index (χ1v) is 10.9. The van der Waals surface area contributed by atoms with Gasteiger partial charge in [0.05, 0.1) is 18.0 Å². The van der Waals surface area contributed by atoms with Crippen molar-refractivity contribution in [1.82, 2.24) is 10.2 Å². The third-order valence-corrected chi connectivity index (χ3v) is 6.73. The zero-order valence-corrected chi connectivity index (χ0v) is 17.0. The van der Waals surface area contributed by atoms with Gasteiger partial charge in [0.2, 0.25) is 0 Å². The van der Waals surface area contributed by atoms with Crippen LogP contribution < -0.4 is 10.2 Å². The zero-order valence-electron chi connectivity index (χ0n) is 15.4. The van der Waals surface area contributed by atoms with Crippen molar-refractivity contribution in [3.8, 4) is 0 Å². The molecule has 0 bridgehead atoms. The summed E-state index contributed by atoms with van der Waals surface area (Å²) < 4.78 is 0. The van der Waals surface area contributed by atoms with Gasteiger partial charge >= 0.3 is 0 Å². The van der Waals surface area contributed by atoms with Gasteiger partial charge in [-0.15, -0.1) is 0 Å². The van der Waals surface area contributed by atoms with E-state index in [0.717, 1.165) is 50.6 Å². The Morgan fingerprint density at radius 1 is 1.11 bits per heavy atom. The van der Waals surface area contributed by atoms with E-state index in [2.05, 4.69) is 51.5 Å². The molecule has 4 rings (SSSR count). The van der Waals surface area contributed by atoms with Gasteiger partial charge in [0.1, 0.15) is 0 Å². The number of benzene rings is 2. The monoisotopic (exact) mass is 403 g/mol. The van der Waals surface area contributed by atoms with Crippen molar-refractivity contribution in [2.45, 2.75) is 28.7 Å². The fraction of sp³-hybridized carbons (Fsp3) is 0.429. The summed E-state index contributed by atoms with van der Waals surface area (Å²) in [4.78, 5) is 7.40. The highest BCUT2D eigenvalue weighted by Crippen LogP contribution is 2.48. The van der Waals surface area contributed by atoms with Crippen LogP contribution in [-0.4, -0.2) is 55.4 Å². The fourth-order valence-corrected chi connectivity index (χ4v) is 5.28. The molecule has 0 radical (unpaired) electrons. The Hall–Kier alpha value is -1.24. The molecule has 1 unspecified atom stereocenters. The van der Waals surface area contributed by atoms with E-state index in [4.69, 9.17) is 11.6 Å². The van der Waals surface area contributed by atoms with Crippen LogP contribution >= 0.6 is 23.4 Å². The molecule has 0 amide bonds. The maximum atomic E-state index is 9.32. The Morgan fingerprint density at radius 3 is 2.85 bits per heavy atom. The molecule has 1 saturated heterocycles. The maximum Gasteiger partial charge on any atom is 0.0567 e. The van der Waals surface area contributed by atoms with Gasteiger partial charge in [0.15, 0.2) is 0 Å². The summed E-state index contributed by atoms with van der Waals surface area (Å²) in [5, 5.41) is 13.6. The van der Waals surface area contributed by atoms with Gasteiger partial charge in [-0.3, -0.25) is 4.90 Å². The first kappa shape index (κ1) is 19.1. The molecule has 2 aliphatic heterocycles. The number of rotatable bonds is 6. The third-order valence-electron chi connectivity index (χ3n) is 5.37. The van der Waals surface area contributed by atoms with Gasteiger partial charge in [-0.05, 0) is 43.2 Å². The van der Waals surface area contributed by atoms with Crippen molar-refractivity contribution < 1.29 is 5.11 Å². The Kier molecular flexibility index (Phi) is 6.25. The van der Waals surface area contributed by atoms with E-state index >= 15 is 0 Å². The van der Waals surface area contributed by atoms with E-state index in [0.29, 0.717) is 6.04 Å². The number of piperazine rings is 1. The molecular formula is C21H26ClN3OS. The van der Waals surface area contributed by atoms with Crippen LogP contribution in [0.3, 0.4) is 0 Å². The van der Waals surface area contributed by atoms with E-state index in [-0.39, 0.29) is 6.61 Å². The molecule has 144 valence electrons. The van der Waals surface area contributed by atoms with Crippen LogP contribution in [0.15, 0.2) is 52.3 Å². The molecule has 0 saturated carbocycles. The smallest absolute Gasteiger partial charge is 0.0567 e. The second-order valence-electron chi connectivity index (χ2n) is 7.09. The van der Waals surface area contributed by atoms with Gasteiger partial charge in [-0.2, -0.15) is 0 Å². The summed E-state index contributed by atoms with van der Waals surface area (Å²) in [6.07, 6.45) is 2.22. The average Bonchev–Trinajstić information content (AvgIpc) is 2.69. The zero-order chi connectivity index (χ0) is 18.6. The van der Waals surface area contributed by atoms with Crippen LogP contribution in [0.1, 0.15) is 12.8 Å². The lowest BCUT2D eigenvalue weighted by molar-refractivity contribution is 0.120. The average molecular weight is 404 g/mol. The number of fused-ring (bicyclic) bond motifs is 2. The van der Waals surface area contributed by atoms with Crippen LogP contribution in [0.2, 0.25) is 5.02 Å². The van der Waals surface area contributed by atoms with Crippen LogP contribution in [0.4, 0.5) is 11.4 Å². The minimum Gasteiger partial charge on any atom is -0.395 e. The Bertz CT molecular complexity index is 786. The van der Waals surface area contributed by atoms with Crippen molar-refractivity contribution in [2.24, 2.45) is 0 Å². The lowest BCUT2D eigenvalue weighted by Gasteiger charge is -2.37. The van der Waals surface area contributed by atoms with E-state index in [1.165, 1.54) is 21.2 Å². The van der Waals surface area contributed by atoms with Crippen LogP contribution in [0.5, 0.6) is 0 Å². The quantitative estimate of drug-likeness (QED) is 0.763. The minimum atomic E-state index is 0.235. The highest BCUT2D eigenvalue weighted by Gasteiger charge is 2.25. The molecule has 4 nitrogen and oxygen atoms in total. The normalized spacial score (nSPS) is 19.6. The largest absolute Gasteiger partial charge is 0.395 e. The summed E-state index contributed by atoms with van der Waals surface area (Å²) >= 11 is 8.12. The van der Waals surface area contributed by atoms with E-state index < -0.39 is 0 Å². The number of halogens is 1. The molecular weight excluding hydrogens is 378 g/mol. The van der Waals surface area contributed by atoms with Crippen LogP contribution in [0, 0.1) is 0 Å². The number of anilines is 2. The number of hydrogen-bond acceptors (Lipinski definition) is 5. The van der Waals surface area contributed by atoms with E-state index in [9.17, 15) is 5.11 Å². The van der Waals surface area contributed by atoms with Crippen molar-refractivity contribution in [1.29, 1.82) is 0 Å². The number of aliphatic hydroxyl groups excluding tert-OH is 1. The second-order valence-corrected chi connectivity index (χ2v) is 8.61. The summed E-state index contributed by atoms with van der Waals surface area (Å²) in [5.74, 6) is 0. The van der Waals surface area contributed by atoms with Gasteiger partial charge < -0.3 is 15.3 Å². The van der Waals surface area contributed by atoms with Gasteiger partial charge in [-0.25, -0.2) is 0 Å². The minimum absolute atomic E-state index is 0.235. The molecule has 2 heterocycles. The molecule has 0 spiro atoms. The summed E-state index contributed by atoms with van der Waals surface area (Å²) in [6, 6.07) is 15.3. The van der Waals surface area contributed by atoms with Crippen molar-refractivity contribution in [2.75, 3.05) is 44.2 Å². The summed E-state index contributed by atoms with van der Waals surface area (Å²) in [5.41, 5.74) is 2.48. The van der Waals surface area contributed by atoms with Crippen LogP contribution in [0.25, 0.3) is 0 Å². The van der Waals surface area contributed by atoms with Crippen molar-refractivity contribution >= 4 is 34.7 Å². The van der Waals surface area contributed by atoms with Crippen molar-refractivity contribution in [3.05, 3.63) is 47.5 Å². The highest BCUT2D eigenvalue weighted by molar-refractivity contribution is 7.99. The molecule has 0 aliphatic carbocycles. The topological polar surface area (TPSA) is 38.7 Å². The summed E-state index contributed by atoms with van der Waals surface area (Å²) in [6.45, 7) is 5.02. The molecule has 27 heavy (non-hydrogen) atoms. The Labute approximate surface area is 170 Å². The number of hydrogen-bond donors (Lipinski definition) is 2. The second kappa shape index (κ2) is 8.84. The number of nitrogens with one attached hydrogen (secondary N) is 1. The molecule has 2 aliphatic rings. The summed E-state index contributed by atoms with van der Waals surface area (Å²) in [7, 11) is 0. The first-order valence-electron chi connectivity index (χ1n) is 9.66. The first-order chi connectivity index (χ1) is 13.3. The highest BCUT2D eigenvalue weighted by atomic mass is 35.5. The molecule has 0 aromatic heterocycles. The molecule has 2 N–H and O–H groups in total. The fourth-order valence-electron chi connectivity index (χ4n) is 4.04. The molecule has 6 heteroatoms. The number of aliphatic hydroxyl groups is 1. The third kappa shape index (κ3) is 4.28. The Balaban J connectivity index is 1.49. The lowest BCUT2D eigenvalue weighted by Crippen LogP contribution is -2.52. The van der Waals surface area contributed by atoms with Gasteiger partial charge in [0.25, 0.3) is 0 Å².